The second-order valence-electron chi connectivity index (χ2n) is 4.85. The van der Waals surface area contributed by atoms with E-state index in [1.54, 1.807) is 7.98 Å². The Morgan fingerprint density at radius 2 is 2.13 bits per heavy atom. The van der Waals surface area contributed by atoms with Crippen molar-refractivity contribution in [3.05, 3.63) is 0 Å². The second-order valence-corrected chi connectivity index (χ2v) is 4.85. The highest BCUT2D eigenvalue weighted by Crippen LogP contribution is 2.15. The molecule has 0 aromatic rings. The first-order valence-electron chi connectivity index (χ1n) is 5.17. The number of hydrogen-bond acceptors (Lipinski definition) is 4. The molecule has 1 aliphatic heterocycles. The first-order valence-corrected chi connectivity index (χ1v) is 5.17. The number of aliphatic hydroxyl groups is 1. The average Bonchev–Trinajstić information content (AvgIpc) is 2.43. The van der Waals surface area contributed by atoms with E-state index in [4.69, 9.17) is 4.74 Å². The molecular weight excluding hydrogens is 195 g/mol. The first-order chi connectivity index (χ1) is 6.83. The number of β-amino-alcohol motifs (C(OH)–C–C–N with tert-alkyl or cyclic N) is 1. The first kappa shape index (κ1) is 12.3. The maximum atomic E-state index is 11.6. The lowest BCUT2D eigenvalue weighted by molar-refractivity contribution is 0.0270. The fraction of sp³-hybridized carbons (Fsp3) is 0.889. The molecule has 0 spiro atoms. The highest BCUT2D eigenvalue weighted by Gasteiger charge is 2.34. The van der Waals surface area contributed by atoms with Gasteiger partial charge in [0.1, 0.15) is 5.60 Å². The van der Waals surface area contributed by atoms with E-state index in [9.17, 15) is 9.90 Å². The van der Waals surface area contributed by atoms with Crippen LogP contribution in [0.3, 0.4) is 0 Å². The predicted molar refractivity (Wildman–Crippen MR) is 59.3 cm³/mol. The molecule has 15 heavy (non-hydrogen) atoms. The van der Waals surface area contributed by atoms with E-state index >= 15 is 0 Å². The van der Waals surface area contributed by atoms with E-state index < -0.39 is 11.7 Å². The summed E-state index contributed by atoms with van der Waals surface area (Å²) in [6.45, 7) is 6.31. The number of amides is 1. The van der Waals surface area contributed by atoms with Gasteiger partial charge in [-0.05, 0) is 20.8 Å². The van der Waals surface area contributed by atoms with Crippen LogP contribution in [0.1, 0.15) is 20.8 Å². The normalized spacial score (nSPS) is 26.8. The Balaban J connectivity index is 2.50. The Hall–Kier alpha value is -0.745. The topological polar surface area (TPSA) is 61.8 Å². The number of nitrogens with one attached hydrogen (secondary N) is 1. The highest BCUT2D eigenvalue weighted by atomic mass is 16.6. The summed E-state index contributed by atoms with van der Waals surface area (Å²) in [5, 5.41) is 12.6. The fourth-order valence-corrected chi connectivity index (χ4v) is 1.55. The largest absolute Gasteiger partial charge is 0.444 e. The molecule has 0 unspecified atom stereocenters. The van der Waals surface area contributed by atoms with Crippen molar-refractivity contribution in [2.45, 2.75) is 38.5 Å². The van der Waals surface area contributed by atoms with E-state index in [0.717, 1.165) is 0 Å². The molecule has 1 saturated heterocycles. The summed E-state index contributed by atoms with van der Waals surface area (Å²) >= 11 is 0. The van der Waals surface area contributed by atoms with Gasteiger partial charge in [0, 0.05) is 12.6 Å². The minimum absolute atomic E-state index is 0.0579. The zero-order valence-electron chi connectivity index (χ0n) is 9.78. The lowest BCUT2D eigenvalue weighted by Gasteiger charge is -2.24. The third kappa shape index (κ3) is 3.39. The minimum Gasteiger partial charge on any atom is -0.444 e. The van der Waals surface area contributed by atoms with Gasteiger partial charge in [-0.3, -0.25) is 0 Å². The van der Waals surface area contributed by atoms with Crippen LogP contribution in [0.25, 0.3) is 0 Å². The zero-order valence-corrected chi connectivity index (χ0v) is 9.78. The molecule has 5 nitrogen and oxygen atoms in total. The Labute approximate surface area is 91.2 Å². The fourth-order valence-electron chi connectivity index (χ4n) is 1.55. The van der Waals surface area contributed by atoms with Crippen LogP contribution in [-0.4, -0.2) is 54.9 Å². The van der Waals surface area contributed by atoms with E-state index in [1.165, 1.54) is 4.90 Å². The van der Waals surface area contributed by atoms with Gasteiger partial charge in [-0.1, -0.05) is 0 Å². The van der Waals surface area contributed by atoms with Gasteiger partial charge < -0.3 is 20.0 Å². The number of likely N-dealkylation sites (tertiary alicyclic amines) is 1. The van der Waals surface area contributed by atoms with Crippen molar-refractivity contribution in [1.82, 2.24) is 10.1 Å². The van der Waals surface area contributed by atoms with Gasteiger partial charge in [0.25, 0.3) is 0 Å². The maximum Gasteiger partial charge on any atom is 0.410 e. The summed E-state index contributed by atoms with van der Waals surface area (Å²) in [6, 6.07) is -0.0579. The molecule has 1 heterocycles. The second kappa shape index (κ2) is 4.41. The molecule has 0 aromatic carbocycles. The summed E-state index contributed by atoms with van der Waals surface area (Å²) in [5.41, 5.74) is -0.486. The number of rotatable bonds is 1. The van der Waals surface area contributed by atoms with Crippen molar-refractivity contribution in [1.29, 1.82) is 0 Å². The summed E-state index contributed by atoms with van der Waals surface area (Å²) in [7, 11) is 1.77. The third-order valence-corrected chi connectivity index (χ3v) is 2.31. The SMILES string of the molecule is BN[C@H]1CN(C(=O)OC(C)(C)C)C[C@H]1O. The molecule has 0 aliphatic carbocycles. The van der Waals surface area contributed by atoms with Crippen LogP contribution >= 0.6 is 0 Å². The molecule has 1 amide bonds. The van der Waals surface area contributed by atoms with Crippen LogP contribution in [0.2, 0.25) is 0 Å². The van der Waals surface area contributed by atoms with E-state index in [-0.39, 0.29) is 12.1 Å². The van der Waals surface area contributed by atoms with Gasteiger partial charge in [-0.2, -0.15) is 0 Å². The van der Waals surface area contributed by atoms with Gasteiger partial charge in [0.05, 0.1) is 12.6 Å². The Morgan fingerprint density at radius 1 is 1.53 bits per heavy atom. The lowest BCUT2D eigenvalue weighted by atomic mass is 10.2. The highest BCUT2D eigenvalue weighted by molar-refractivity contribution is 6.04. The summed E-state index contributed by atoms with van der Waals surface area (Å²) in [5.74, 6) is 0. The molecule has 0 saturated carbocycles. The number of ether oxygens (including phenoxy) is 1. The molecule has 0 aromatic heterocycles. The summed E-state index contributed by atoms with van der Waals surface area (Å²) in [4.78, 5) is 13.2. The van der Waals surface area contributed by atoms with Crippen LogP contribution < -0.4 is 5.23 Å². The molecule has 6 heteroatoms. The molecule has 86 valence electrons. The van der Waals surface area contributed by atoms with Crippen LogP contribution in [0, 0.1) is 0 Å². The number of nitrogens with zero attached hydrogens (tertiary/aromatic N) is 1. The van der Waals surface area contributed by atoms with Gasteiger partial charge in [-0.15, -0.1) is 0 Å². The predicted octanol–water partition coefficient (Wildman–Crippen LogP) is -0.896. The van der Waals surface area contributed by atoms with Crippen LogP contribution in [0.15, 0.2) is 0 Å². The average molecular weight is 214 g/mol. The van der Waals surface area contributed by atoms with Crippen molar-refractivity contribution in [3.63, 3.8) is 0 Å². The van der Waals surface area contributed by atoms with Gasteiger partial charge in [-0.25, -0.2) is 4.79 Å². The van der Waals surface area contributed by atoms with Crippen LogP contribution in [-0.2, 0) is 4.74 Å². The summed E-state index contributed by atoms with van der Waals surface area (Å²) < 4.78 is 5.21. The van der Waals surface area contributed by atoms with E-state index in [1.807, 2.05) is 20.8 Å². The smallest absolute Gasteiger partial charge is 0.410 e. The van der Waals surface area contributed by atoms with Gasteiger partial charge in [0.15, 0.2) is 7.98 Å². The molecule has 0 bridgehead atoms. The Kier molecular flexibility index (Phi) is 3.62. The molecular formula is C9H19BN2O3. The molecule has 2 atom stereocenters. The van der Waals surface area contributed by atoms with Crippen molar-refractivity contribution in [2.24, 2.45) is 0 Å². The number of carbonyl (C=O) groups is 1. The molecule has 1 rings (SSSR count). The van der Waals surface area contributed by atoms with Crippen molar-refractivity contribution in [3.8, 4) is 0 Å². The summed E-state index contributed by atoms with van der Waals surface area (Å²) in [6.07, 6.45) is -0.873. The molecule has 1 fully saturated rings. The number of hydrogen-bond donors (Lipinski definition) is 2. The van der Waals surface area contributed by atoms with Crippen molar-refractivity contribution >= 4 is 14.1 Å². The lowest BCUT2D eigenvalue weighted by Crippen LogP contribution is -2.38. The van der Waals surface area contributed by atoms with Gasteiger partial charge >= 0.3 is 6.09 Å². The number of carbonyl (C=O) groups excluding carboxylic acids is 1. The Morgan fingerprint density at radius 3 is 2.53 bits per heavy atom. The molecule has 0 radical (unpaired) electrons. The minimum atomic E-state index is -0.512. The monoisotopic (exact) mass is 214 g/mol. The van der Waals surface area contributed by atoms with Crippen LogP contribution in [0.4, 0.5) is 4.79 Å². The third-order valence-electron chi connectivity index (χ3n) is 2.31. The van der Waals surface area contributed by atoms with Gasteiger partial charge in [0.2, 0.25) is 0 Å². The Bertz CT molecular complexity index is 242. The van der Waals surface area contributed by atoms with Crippen molar-refractivity contribution in [2.75, 3.05) is 13.1 Å². The maximum absolute atomic E-state index is 11.6. The van der Waals surface area contributed by atoms with E-state index in [0.29, 0.717) is 13.1 Å². The standard InChI is InChI=1S/C9H19BN2O3/c1-9(2,3)15-8(14)12-4-6(11-10)7(13)5-12/h6-7,11,13H,4-5,10H2,1-3H3/t6-,7+/m0/s1. The quantitative estimate of drug-likeness (QED) is 0.555. The number of aliphatic hydroxyl groups excluding tert-OH is 1. The molecule has 2 N–H and O–H groups in total. The van der Waals surface area contributed by atoms with Crippen molar-refractivity contribution < 1.29 is 14.6 Å². The van der Waals surface area contributed by atoms with E-state index in [2.05, 4.69) is 5.23 Å². The zero-order chi connectivity index (χ0) is 11.6. The van der Waals surface area contributed by atoms with Crippen LogP contribution in [0.5, 0.6) is 0 Å². The molecule has 1 aliphatic rings.